The van der Waals surface area contributed by atoms with Gasteiger partial charge in [0, 0.05) is 6.04 Å². The minimum absolute atomic E-state index is 0.412. The van der Waals surface area contributed by atoms with E-state index in [2.05, 4.69) is 36.4 Å². The maximum absolute atomic E-state index is 5.97. The lowest BCUT2D eigenvalue weighted by atomic mass is 9.82. The molecule has 0 unspecified atom stereocenters. The van der Waals surface area contributed by atoms with Crippen molar-refractivity contribution in [2.24, 2.45) is 5.73 Å². The Morgan fingerprint density at radius 3 is 2.19 bits per heavy atom. The van der Waals surface area contributed by atoms with Crippen molar-refractivity contribution in [2.75, 3.05) is 0 Å². The lowest BCUT2D eigenvalue weighted by molar-refractivity contribution is 0.306. The summed E-state index contributed by atoms with van der Waals surface area (Å²) in [6, 6.07) is 19.3. The first-order chi connectivity index (χ1) is 10.3. The highest BCUT2D eigenvalue weighted by Crippen LogP contribution is 2.32. The van der Waals surface area contributed by atoms with Crippen molar-refractivity contribution in [1.82, 2.24) is 0 Å². The quantitative estimate of drug-likeness (QED) is 0.909. The van der Waals surface area contributed by atoms with Crippen LogP contribution in [0.4, 0.5) is 0 Å². The van der Waals surface area contributed by atoms with Gasteiger partial charge in [0.2, 0.25) is 0 Å². The maximum atomic E-state index is 5.97. The van der Waals surface area contributed by atoms with Crippen LogP contribution in [-0.2, 0) is 6.61 Å². The van der Waals surface area contributed by atoms with Gasteiger partial charge >= 0.3 is 0 Å². The average Bonchev–Trinajstić information content (AvgIpc) is 2.55. The minimum Gasteiger partial charge on any atom is -0.489 e. The van der Waals surface area contributed by atoms with E-state index < -0.39 is 0 Å². The van der Waals surface area contributed by atoms with Gasteiger partial charge in [-0.05, 0) is 54.9 Å². The molecule has 1 aliphatic carbocycles. The van der Waals surface area contributed by atoms with Gasteiger partial charge in [0.1, 0.15) is 12.4 Å². The van der Waals surface area contributed by atoms with Gasteiger partial charge < -0.3 is 10.5 Å². The molecule has 3 rings (SSSR count). The van der Waals surface area contributed by atoms with E-state index in [-0.39, 0.29) is 0 Å². The minimum atomic E-state index is 0.412. The summed E-state index contributed by atoms with van der Waals surface area (Å²) in [5.74, 6) is 1.61. The first-order valence-corrected chi connectivity index (χ1v) is 7.83. The van der Waals surface area contributed by atoms with Crippen LogP contribution in [0.25, 0.3) is 0 Å². The van der Waals surface area contributed by atoms with Crippen LogP contribution in [0.1, 0.15) is 42.7 Å². The summed E-state index contributed by atoms with van der Waals surface area (Å²) in [6.45, 7) is 0.623. The lowest BCUT2D eigenvalue weighted by Gasteiger charge is -2.26. The van der Waals surface area contributed by atoms with Gasteiger partial charge in [0.25, 0.3) is 0 Å². The number of ether oxygens (including phenoxy) is 1. The van der Waals surface area contributed by atoms with Crippen molar-refractivity contribution in [1.29, 1.82) is 0 Å². The third-order valence-electron chi connectivity index (χ3n) is 4.37. The summed E-state index contributed by atoms with van der Waals surface area (Å²) in [6.07, 6.45) is 4.73. The Morgan fingerprint density at radius 2 is 1.52 bits per heavy atom. The van der Waals surface area contributed by atoms with Gasteiger partial charge in [-0.25, -0.2) is 0 Å². The van der Waals surface area contributed by atoms with Crippen LogP contribution >= 0.6 is 0 Å². The Hall–Kier alpha value is -1.80. The third-order valence-corrected chi connectivity index (χ3v) is 4.37. The smallest absolute Gasteiger partial charge is 0.119 e. The topological polar surface area (TPSA) is 35.2 Å². The molecule has 0 heterocycles. The van der Waals surface area contributed by atoms with Crippen molar-refractivity contribution in [3.05, 3.63) is 65.7 Å². The summed E-state index contributed by atoms with van der Waals surface area (Å²) in [5, 5.41) is 0. The third kappa shape index (κ3) is 3.85. The van der Waals surface area contributed by atoms with Crippen molar-refractivity contribution in [3.8, 4) is 5.75 Å². The van der Waals surface area contributed by atoms with Crippen LogP contribution in [-0.4, -0.2) is 6.04 Å². The van der Waals surface area contributed by atoms with Gasteiger partial charge in [-0.3, -0.25) is 0 Å². The fourth-order valence-electron chi connectivity index (χ4n) is 3.03. The summed E-state index contributed by atoms with van der Waals surface area (Å²) in [4.78, 5) is 0. The second-order valence-corrected chi connectivity index (χ2v) is 5.96. The summed E-state index contributed by atoms with van der Waals surface area (Å²) in [7, 11) is 0. The van der Waals surface area contributed by atoms with E-state index in [1.54, 1.807) is 0 Å². The van der Waals surface area contributed by atoms with E-state index >= 15 is 0 Å². The van der Waals surface area contributed by atoms with Gasteiger partial charge in [-0.1, -0.05) is 42.5 Å². The molecular weight excluding hydrogens is 258 g/mol. The molecule has 0 spiro atoms. The van der Waals surface area contributed by atoms with E-state index in [9.17, 15) is 0 Å². The second kappa shape index (κ2) is 6.77. The molecule has 110 valence electrons. The van der Waals surface area contributed by atoms with Crippen LogP contribution in [0.15, 0.2) is 54.6 Å². The fourth-order valence-corrected chi connectivity index (χ4v) is 3.03. The first-order valence-electron chi connectivity index (χ1n) is 7.83. The number of hydrogen-bond donors (Lipinski definition) is 1. The largest absolute Gasteiger partial charge is 0.489 e. The SMILES string of the molecule is NC1CCC(c2ccc(OCc3ccccc3)cc2)CC1. The van der Waals surface area contributed by atoms with Gasteiger partial charge in [0.15, 0.2) is 0 Å². The van der Waals surface area contributed by atoms with E-state index in [0.717, 1.165) is 18.6 Å². The summed E-state index contributed by atoms with van der Waals surface area (Å²) in [5.41, 5.74) is 8.60. The van der Waals surface area contributed by atoms with Crippen LogP contribution in [0.3, 0.4) is 0 Å². The van der Waals surface area contributed by atoms with Gasteiger partial charge in [-0.2, -0.15) is 0 Å². The Labute approximate surface area is 126 Å². The molecule has 2 aromatic carbocycles. The molecule has 21 heavy (non-hydrogen) atoms. The Morgan fingerprint density at radius 1 is 0.857 bits per heavy atom. The Kier molecular flexibility index (Phi) is 4.56. The zero-order valence-corrected chi connectivity index (χ0v) is 12.4. The predicted molar refractivity (Wildman–Crippen MR) is 86.4 cm³/mol. The summed E-state index contributed by atoms with van der Waals surface area (Å²) >= 11 is 0. The number of rotatable bonds is 4. The Balaban J connectivity index is 1.57. The molecule has 2 aromatic rings. The molecule has 2 heteroatoms. The fraction of sp³-hybridized carbons (Fsp3) is 0.368. The zero-order valence-electron chi connectivity index (χ0n) is 12.4. The molecule has 1 aliphatic rings. The molecule has 0 aromatic heterocycles. The highest BCUT2D eigenvalue weighted by molar-refractivity contribution is 5.30. The lowest BCUT2D eigenvalue weighted by Crippen LogP contribution is -2.25. The molecule has 0 radical (unpaired) electrons. The maximum Gasteiger partial charge on any atom is 0.119 e. The predicted octanol–water partition coefficient (Wildman–Crippen LogP) is 4.25. The first kappa shape index (κ1) is 14.2. The van der Waals surface area contributed by atoms with E-state index in [4.69, 9.17) is 10.5 Å². The van der Waals surface area contributed by atoms with E-state index in [1.807, 2.05) is 18.2 Å². The van der Waals surface area contributed by atoms with Crippen LogP contribution in [0, 0.1) is 0 Å². The number of hydrogen-bond acceptors (Lipinski definition) is 2. The standard InChI is InChI=1S/C19H23NO/c20-18-10-6-16(7-11-18)17-8-12-19(13-9-17)21-14-15-4-2-1-3-5-15/h1-5,8-9,12-13,16,18H,6-7,10-11,14,20H2. The molecule has 2 N–H and O–H groups in total. The average molecular weight is 281 g/mol. The normalized spacial score (nSPS) is 22.0. The molecule has 1 saturated carbocycles. The monoisotopic (exact) mass is 281 g/mol. The van der Waals surface area contributed by atoms with Crippen LogP contribution in [0.5, 0.6) is 5.75 Å². The molecule has 0 saturated heterocycles. The van der Waals surface area contributed by atoms with E-state index in [1.165, 1.54) is 24.0 Å². The molecular formula is C19H23NO. The van der Waals surface area contributed by atoms with Gasteiger partial charge in [-0.15, -0.1) is 0 Å². The zero-order chi connectivity index (χ0) is 14.5. The van der Waals surface area contributed by atoms with Crippen LogP contribution < -0.4 is 10.5 Å². The molecule has 0 amide bonds. The van der Waals surface area contributed by atoms with Crippen molar-refractivity contribution >= 4 is 0 Å². The van der Waals surface area contributed by atoms with Crippen molar-refractivity contribution < 1.29 is 4.74 Å². The molecule has 0 bridgehead atoms. The highest BCUT2D eigenvalue weighted by atomic mass is 16.5. The Bertz CT molecular complexity index is 542. The van der Waals surface area contributed by atoms with E-state index in [0.29, 0.717) is 18.6 Å². The van der Waals surface area contributed by atoms with Crippen LogP contribution in [0.2, 0.25) is 0 Å². The second-order valence-electron chi connectivity index (χ2n) is 5.96. The highest BCUT2D eigenvalue weighted by Gasteiger charge is 2.19. The number of benzene rings is 2. The number of nitrogens with two attached hydrogens (primary N) is 1. The molecule has 2 nitrogen and oxygen atoms in total. The van der Waals surface area contributed by atoms with Crippen molar-refractivity contribution in [3.63, 3.8) is 0 Å². The summed E-state index contributed by atoms with van der Waals surface area (Å²) < 4.78 is 5.83. The molecule has 1 fully saturated rings. The van der Waals surface area contributed by atoms with Gasteiger partial charge in [0.05, 0.1) is 0 Å². The molecule has 0 aliphatic heterocycles. The van der Waals surface area contributed by atoms with Crippen molar-refractivity contribution in [2.45, 2.75) is 44.2 Å². The molecule has 0 atom stereocenters.